The summed E-state index contributed by atoms with van der Waals surface area (Å²) in [6, 6.07) is 6.91. The number of alkyl halides is 1. The fourth-order valence-electron chi connectivity index (χ4n) is 2.99. The highest BCUT2D eigenvalue weighted by molar-refractivity contribution is 9.09. The number of carbonyl (C=O) groups is 1. The standard InChI is InChI=1S/C18H26BrNO/c1-5-6-18(21)20-13(4)9-15-10-14(7-8-17(15)20)11-16(19)12(2)3/h7-8,10,12-13,16H,5-6,9,11H2,1-4H3. The van der Waals surface area contributed by atoms with Gasteiger partial charge in [-0.2, -0.15) is 0 Å². The largest absolute Gasteiger partial charge is 0.309 e. The normalized spacial score (nSPS) is 19.0. The van der Waals surface area contributed by atoms with Crippen molar-refractivity contribution in [3.63, 3.8) is 0 Å². The summed E-state index contributed by atoms with van der Waals surface area (Å²) in [5, 5.41) is 0. The molecule has 21 heavy (non-hydrogen) atoms. The van der Waals surface area contributed by atoms with Crippen LogP contribution >= 0.6 is 15.9 Å². The zero-order valence-corrected chi connectivity index (χ0v) is 15.1. The van der Waals surface area contributed by atoms with Gasteiger partial charge in [0.25, 0.3) is 0 Å². The number of carbonyl (C=O) groups excluding carboxylic acids is 1. The van der Waals surface area contributed by atoms with E-state index in [2.05, 4.69) is 61.8 Å². The molecule has 0 saturated heterocycles. The van der Waals surface area contributed by atoms with Crippen LogP contribution in [0.4, 0.5) is 5.69 Å². The molecule has 2 atom stereocenters. The van der Waals surface area contributed by atoms with Gasteiger partial charge in [-0.1, -0.05) is 48.8 Å². The Morgan fingerprint density at radius 2 is 2.14 bits per heavy atom. The summed E-state index contributed by atoms with van der Waals surface area (Å²) < 4.78 is 0. The summed E-state index contributed by atoms with van der Waals surface area (Å²) in [6.45, 7) is 8.68. The summed E-state index contributed by atoms with van der Waals surface area (Å²) in [7, 11) is 0. The van der Waals surface area contributed by atoms with E-state index >= 15 is 0 Å². The van der Waals surface area contributed by atoms with Gasteiger partial charge in [0.1, 0.15) is 0 Å². The van der Waals surface area contributed by atoms with Crippen molar-refractivity contribution < 1.29 is 4.79 Å². The van der Waals surface area contributed by atoms with Gasteiger partial charge in [0.15, 0.2) is 0 Å². The highest BCUT2D eigenvalue weighted by atomic mass is 79.9. The van der Waals surface area contributed by atoms with Crippen LogP contribution in [-0.4, -0.2) is 16.8 Å². The molecule has 116 valence electrons. The SMILES string of the molecule is CCCC(=O)N1c2ccc(CC(Br)C(C)C)cc2CC1C. The summed E-state index contributed by atoms with van der Waals surface area (Å²) in [4.78, 5) is 14.8. The van der Waals surface area contributed by atoms with Crippen molar-refractivity contribution in [2.75, 3.05) is 4.90 Å². The van der Waals surface area contributed by atoms with E-state index in [4.69, 9.17) is 0 Å². The quantitative estimate of drug-likeness (QED) is 0.702. The van der Waals surface area contributed by atoms with Gasteiger partial charge in [0.05, 0.1) is 0 Å². The Balaban J connectivity index is 2.19. The predicted molar refractivity (Wildman–Crippen MR) is 93.3 cm³/mol. The van der Waals surface area contributed by atoms with Crippen molar-refractivity contribution in [2.45, 2.75) is 64.2 Å². The number of nitrogens with zero attached hydrogens (tertiary/aromatic N) is 1. The Morgan fingerprint density at radius 1 is 1.43 bits per heavy atom. The van der Waals surface area contributed by atoms with Gasteiger partial charge in [-0.15, -0.1) is 0 Å². The van der Waals surface area contributed by atoms with E-state index < -0.39 is 0 Å². The minimum atomic E-state index is 0.261. The molecule has 1 aromatic rings. The van der Waals surface area contributed by atoms with E-state index in [9.17, 15) is 4.79 Å². The zero-order valence-electron chi connectivity index (χ0n) is 13.5. The molecule has 0 aliphatic carbocycles. The molecule has 2 nitrogen and oxygen atoms in total. The first-order chi connectivity index (χ1) is 9.93. The van der Waals surface area contributed by atoms with Crippen molar-refractivity contribution in [3.8, 4) is 0 Å². The van der Waals surface area contributed by atoms with Crippen molar-refractivity contribution >= 4 is 27.5 Å². The van der Waals surface area contributed by atoms with E-state index in [0.29, 0.717) is 23.2 Å². The number of anilines is 1. The third-order valence-electron chi connectivity index (χ3n) is 4.25. The first-order valence-electron chi connectivity index (χ1n) is 8.02. The van der Waals surface area contributed by atoms with Crippen molar-refractivity contribution in [1.82, 2.24) is 0 Å². The Morgan fingerprint density at radius 3 is 2.76 bits per heavy atom. The Hall–Kier alpha value is -0.830. The number of halogens is 1. The predicted octanol–water partition coefficient (Wildman–Crippen LogP) is 4.73. The minimum Gasteiger partial charge on any atom is -0.309 e. The molecule has 1 heterocycles. The van der Waals surface area contributed by atoms with Crippen LogP contribution in [0.25, 0.3) is 0 Å². The first kappa shape index (κ1) is 16.5. The summed E-state index contributed by atoms with van der Waals surface area (Å²) in [5.41, 5.74) is 3.81. The monoisotopic (exact) mass is 351 g/mol. The second-order valence-corrected chi connectivity index (χ2v) is 7.67. The molecule has 0 aromatic heterocycles. The van der Waals surface area contributed by atoms with Gasteiger partial charge in [0.2, 0.25) is 5.91 Å². The minimum absolute atomic E-state index is 0.261. The number of hydrogen-bond donors (Lipinski definition) is 0. The highest BCUT2D eigenvalue weighted by Crippen LogP contribution is 2.34. The molecule has 1 aliphatic rings. The second kappa shape index (κ2) is 6.95. The lowest BCUT2D eigenvalue weighted by Gasteiger charge is -2.22. The van der Waals surface area contributed by atoms with Crippen LogP contribution in [0.1, 0.15) is 51.7 Å². The lowest BCUT2D eigenvalue weighted by molar-refractivity contribution is -0.118. The summed E-state index contributed by atoms with van der Waals surface area (Å²) in [6.07, 6.45) is 3.58. The molecular weight excluding hydrogens is 326 g/mol. The van der Waals surface area contributed by atoms with Gasteiger partial charge >= 0.3 is 0 Å². The fraction of sp³-hybridized carbons (Fsp3) is 0.611. The second-order valence-electron chi connectivity index (χ2n) is 6.49. The van der Waals surface area contributed by atoms with Gasteiger partial charge in [0, 0.05) is 23.0 Å². The zero-order chi connectivity index (χ0) is 15.6. The van der Waals surface area contributed by atoms with E-state index in [1.165, 1.54) is 11.1 Å². The lowest BCUT2D eigenvalue weighted by Crippen LogP contribution is -2.35. The van der Waals surface area contributed by atoms with Gasteiger partial charge in [-0.25, -0.2) is 0 Å². The number of benzene rings is 1. The molecule has 0 saturated carbocycles. The third-order valence-corrected chi connectivity index (χ3v) is 5.63. The molecule has 0 N–H and O–H groups in total. The van der Waals surface area contributed by atoms with Gasteiger partial charge < -0.3 is 4.90 Å². The molecule has 3 heteroatoms. The molecule has 1 amide bonds. The molecule has 0 bridgehead atoms. The fourth-order valence-corrected chi connectivity index (χ4v) is 3.36. The Labute approximate surface area is 137 Å². The molecular formula is C18H26BrNO. The molecule has 0 spiro atoms. The number of fused-ring (bicyclic) bond motifs is 1. The van der Waals surface area contributed by atoms with Crippen molar-refractivity contribution in [1.29, 1.82) is 0 Å². The van der Waals surface area contributed by atoms with E-state index in [0.717, 1.165) is 24.9 Å². The molecule has 1 aromatic carbocycles. The summed E-state index contributed by atoms with van der Waals surface area (Å²) in [5.74, 6) is 0.886. The molecule has 0 radical (unpaired) electrons. The van der Waals surface area contributed by atoms with Crippen LogP contribution < -0.4 is 4.90 Å². The Kier molecular flexibility index (Phi) is 5.48. The average Bonchev–Trinajstić information content (AvgIpc) is 2.73. The van der Waals surface area contributed by atoms with Gasteiger partial charge in [-0.3, -0.25) is 4.79 Å². The van der Waals surface area contributed by atoms with Crippen LogP contribution in [0.15, 0.2) is 18.2 Å². The lowest BCUT2D eigenvalue weighted by atomic mass is 9.99. The number of rotatable bonds is 5. The number of amides is 1. The van der Waals surface area contributed by atoms with Gasteiger partial charge in [-0.05, 0) is 49.3 Å². The molecule has 2 rings (SSSR count). The Bertz CT molecular complexity index is 512. The topological polar surface area (TPSA) is 20.3 Å². The van der Waals surface area contributed by atoms with Crippen molar-refractivity contribution in [2.24, 2.45) is 5.92 Å². The maximum Gasteiger partial charge on any atom is 0.227 e. The molecule has 1 aliphatic heterocycles. The van der Waals surface area contributed by atoms with Crippen LogP contribution in [-0.2, 0) is 17.6 Å². The van der Waals surface area contributed by atoms with Crippen LogP contribution in [0.5, 0.6) is 0 Å². The molecule has 0 fully saturated rings. The van der Waals surface area contributed by atoms with Crippen LogP contribution in [0.2, 0.25) is 0 Å². The van der Waals surface area contributed by atoms with E-state index in [1.54, 1.807) is 0 Å². The third kappa shape index (κ3) is 3.68. The van der Waals surface area contributed by atoms with Crippen LogP contribution in [0, 0.1) is 5.92 Å². The first-order valence-corrected chi connectivity index (χ1v) is 8.93. The van der Waals surface area contributed by atoms with Crippen LogP contribution in [0.3, 0.4) is 0 Å². The smallest absolute Gasteiger partial charge is 0.227 e. The summed E-state index contributed by atoms with van der Waals surface area (Å²) >= 11 is 3.76. The highest BCUT2D eigenvalue weighted by Gasteiger charge is 2.30. The maximum absolute atomic E-state index is 12.3. The molecule has 2 unspecified atom stereocenters. The maximum atomic E-state index is 12.3. The van der Waals surface area contributed by atoms with E-state index in [-0.39, 0.29) is 5.91 Å². The number of hydrogen-bond acceptors (Lipinski definition) is 1. The van der Waals surface area contributed by atoms with E-state index in [1.807, 2.05) is 4.90 Å². The van der Waals surface area contributed by atoms with Crippen molar-refractivity contribution in [3.05, 3.63) is 29.3 Å². The average molecular weight is 352 g/mol.